The number of halogens is 6. The number of aryl methyl sites for hydroxylation is 1. The van der Waals surface area contributed by atoms with Crippen LogP contribution in [-0.2, 0) is 25.5 Å². The Morgan fingerprint density at radius 2 is 1.24 bits per heavy atom. The van der Waals surface area contributed by atoms with E-state index in [2.05, 4.69) is 0 Å². The molecule has 4 aromatic carbocycles. The van der Waals surface area contributed by atoms with Gasteiger partial charge in [-0.2, -0.15) is 26.3 Å². The molecule has 0 N–H and O–H groups in total. The van der Waals surface area contributed by atoms with Crippen molar-refractivity contribution in [1.82, 2.24) is 0 Å². The molecule has 220 valence electrons. The fraction of sp³-hybridized carbons (Fsp3) is 0.233. The van der Waals surface area contributed by atoms with Gasteiger partial charge in [0.1, 0.15) is 11.5 Å². The lowest BCUT2D eigenvalue weighted by Crippen LogP contribution is -2.28. The highest BCUT2D eigenvalue weighted by molar-refractivity contribution is 6.10. The molecule has 0 radical (unpaired) electrons. The zero-order valence-corrected chi connectivity index (χ0v) is 21.9. The van der Waals surface area contributed by atoms with Gasteiger partial charge >= 0.3 is 30.3 Å². The summed E-state index contributed by atoms with van der Waals surface area (Å²) in [4.78, 5) is 35.4. The number of esters is 3. The fourth-order valence-electron chi connectivity index (χ4n) is 4.44. The van der Waals surface area contributed by atoms with Gasteiger partial charge in [0.25, 0.3) is 0 Å². The topological polar surface area (TPSA) is 78.9 Å². The second-order valence-electron chi connectivity index (χ2n) is 9.09. The van der Waals surface area contributed by atoms with Crippen LogP contribution in [-0.4, -0.2) is 36.9 Å². The number of hydrogen-bond donors (Lipinski definition) is 0. The standard InChI is InChI=1S/C30H22F6O6/c1-2-40-24(37)9-5-6-17-10-13-21-19(16-17)12-15-23(42-28(39)30(34,35)36)26(21)25-20-8-4-3-7-18(20)11-14-22(25)41-27(38)29(31,32)33/h3-4,7-8,10-16H,2,5-6,9H2,1H3. The second-order valence-corrected chi connectivity index (χ2v) is 9.09. The van der Waals surface area contributed by atoms with Crippen molar-refractivity contribution in [2.75, 3.05) is 6.61 Å². The van der Waals surface area contributed by atoms with Crippen molar-refractivity contribution in [3.63, 3.8) is 0 Å². The molecule has 0 amide bonds. The number of alkyl halides is 6. The van der Waals surface area contributed by atoms with Gasteiger partial charge in [-0.3, -0.25) is 4.79 Å². The number of rotatable bonds is 8. The van der Waals surface area contributed by atoms with Crippen molar-refractivity contribution in [2.24, 2.45) is 0 Å². The highest BCUT2D eigenvalue weighted by Gasteiger charge is 2.43. The molecule has 42 heavy (non-hydrogen) atoms. The van der Waals surface area contributed by atoms with Gasteiger partial charge in [-0.15, -0.1) is 0 Å². The minimum Gasteiger partial charge on any atom is -0.466 e. The molecule has 0 fully saturated rings. The first kappa shape index (κ1) is 30.4. The van der Waals surface area contributed by atoms with E-state index in [1.54, 1.807) is 31.2 Å². The molecular formula is C30H22F6O6. The lowest BCUT2D eigenvalue weighted by atomic mass is 9.91. The van der Waals surface area contributed by atoms with E-state index in [-0.39, 0.29) is 40.9 Å². The molecule has 0 spiro atoms. The third-order valence-electron chi connectivity index (χ3n) is 6.21. The molecule has 0 saturated carbocycles. The minimum atomic E-state index is -5.38. The van der Waals surface area contributed by atoms with Crippen LogP contribution in [0.25, 0.3) is 32.7 Å². The van der Waals surface area contributed by atoms with Crippen molar-refractivity contribution in [3.05, 3.63) is 72.3 Å². The van der Waals surface area contributed by atoms with E-state index in [1.165, 1.54) is 30.3 Å². The zero-order valence-electron chi connectivity index (χ0n) is 21.9. The molecule has 0 aliphatic rings. The highest BCUT2D eigenvalue weighted by atomic mass is 19.4. The Balaban J connectivity index is 1.92. The maximum Gasteiger partial charge on any atom is 0.491 e. The summed E-state index contributed by atoms with van der Waals surface area (Å²) in [6.07, 6.45) is -9.70. The first-order valence-corrected chi connectivity index (χ1v) is 12.6. The monoisotopic (exact) mass is 592 g/mol. The Kier molecular flexibility index (Phi) is 8.74. The van der Waals surface area contributed by atoms with Crippen LogP contribution in [0.2, 0.25) is 0 Å². The Hall–Kier alpha value is -4.61. The molecule has 0 heterocycles. The average molecular weight is 592 g/mol. The SMILES string of the molecule is CCOC(=O)CCCc1ccc2c(-c3c(OC(=O)C(F)(F)F)ccc4ccccc34)c(OC(=O)C(F)(F)F)ccc2c1. The predicted octanol–water partition coefficient (Wildman–Crippen LogP) is 7.48. The van der Waals surface area contributed by atoms with Gasteiger partial charge in [0.15, 0.2) is 0 Å². The van der Waals surface area contributed by atoms with E-state index >= 15 is 0 Å². The smallest absolute Gasteiger partial charge is 0.466 e. The number of carbonyl (C=O) groups is 3. The van der Waals surface area contributed by atoms with Crippen LogP contribution in [0.15, 0.2) is 66.7 Å². The molecule has 4 rings (SSSR count). The average Bonchev–Trinajstić information content (AvgIpc) is 2.92. The Morgan fingerprint density at radius 1 is 0.690 bits per heavy atom. The molecule has 0 unspecified atom stereocenters. The number of hydrogen-bond acceptors (Lipinski definition) is 6. The first-order chi connectivity index (χ1) is 19.8. The summed E-state index contributed by atoms with van der Waals surface area (Å²) in [6.45, 7) is 1.93. The molecule has 0 bridgehead atoms. The molecule has 0 aliphatic heterocycles. The Bertz CT molecular complexity index is 1660. The molecule has 0 atom stereocenters. The van der Waals surface area contributed by atoms with Crippen molar-refractivity contribution in [3.8, 4) is 22.6 Å². The van der Waals surface area contributed by atoms with E-state index < -0.39 is 35.8 Å². The van der Waals surface area contributed by atoms with Crippen molar-refractivity contribution < 1.29 is 54.9 Å². The number of ether oxygens (including phenoxy) is 3. The third kappa shape index (κ3) is 6.81. The maximum absolute atomic E-state index is 13.2. The lowest BCUT2D eigenvalue weighted by Gasteiger charge is -2.19. The summed E-state index contributed by atoms with van der Waals surface area (Å²) < 4.78 is 93.4. The van der Waals surface area contributed by atoms with Crippen LogP contribution < -0.4 is 9.47 Å². The van der Waals surface area contributed by atoms with Gasteiger partial charge in [-0.25, -0.2) is 9.59 Å². The van der Waals surface area contributed by atoms with Gasteiger partial charge in [-0.05, 0) is 59.0 Å². The normalized spacial score (nSPS) is 11.9. The van der Waals surface area contributed by atoms with Crippen LogP contribution in [0.4, 0.5) is 26.3 Å². The van der Waals surface area contributed by atoms with E-state index in [1.807, 2.05) is 0 Å². The van der Waals surface area contributed by atoms with E-state index in [4.69, 9.17) is 14.2 Å². The summed E-state index contributed by atoms with van der Waals surface area (Å²) in [5, 5.41) is 1.32. The summed E-state index contributed by atoms with van der Waals surface area (Å²) >= 11 is 0. The summed E-state index contributed by atoms with van der Waals surface area (Å²) in [5.41, 5.74) is 0.376. The lowest BCUT2D eigenvalue weighted by molar-refractivity contribution is -0.189. The van der Waals surface area contributed by atoms with Crippen LogP contribution in [0.3, 0.4) is 0 Å². The number of carbonyl (C=O) groups excluding carboxylic acids is 3. The van der Waals surface area contributed by atoms with Crippen LogP contribution in [0.1, 0.15) is 25.3 Å². The quantitative estimate of drug-likeness (QED) is 0.120. The van der Waals surface area contributed by atoms with Gasteiger partial charge in [0.05, 0.1) is 6.61 Å². The molecule has 4 aromatic rings. The van der Waals surface area contributed by atoms with Crippen molar-refractivity contribution in [1.29, 1.82) is 0 Å². The third-order valence-corrected chi connectivity index (χ3v) is 6.21. The molecule has 6 nitrogen and oxygen atoms in total. The second kappa shape index (κ2) is 12.1. The van der Waals surface area contributed by atoms with Gasteiger partial charge < -0.3 is 14.2 Å². The van der Waals surface area contributed by atoms with Crippen LogP contribution in [0.5, 0.6) is 11.5 Å². The summed E-state index contributed by atoms with van der Waals surface area (Å²) in [5.74, 6) is -6.68. The van der Waals surface area contributed by atoms with Crippen LogP contribution >= 0.6 is 0 Å². The van der Waals surface area contributed by atoms with Gasteiger partial charge in [0, 0.05) is 17.5 Å². The van der Waals surface area contributed by atoms with Crippen molar-refractivity contribution >= 4 is 39.5 Å². The first-order valence-electron chi connectivity index (χ1n) is 12.6. The fourth-order valence-corrected chi connectivity index (χ4v) is 4.44. The van der Waals surface area contributed by atoms with E-state index in [0.717, 1.165) is 17.7 Å². The Morgan fingerprint density at radius 3 is 1.81 bits per heavy atom. The Labute approximate surface area is 234 Å². The largest absolute Gasteiger partial charge is 0.491 e. The van der Waals surface area contributed by atoms with Gasteiger partial charge in [0.2, 0.25) is 0 Å². The predicted molar refractivity (Wildman–Crippen MR) is 140 cm³/mol. The minimum absolute atomic E-state index is 0.160. The number of benzene rings is 4. The summed E-state index contributed by atoms with van der Waals surface area (Å²) in [6, 6.07) is 16.0. The van der Waals surface area contributed by atoms with Crippen LogP contribution in [0, 0.1) is 0 Å². The summed E-state index contributed by atoms with van der Waals surface area (Å²) in [7, 11) is 0. The van der Waals surface area contributed by atoms with Crippen molar-refractivity contribution in [2.45, 2.75) is 38.5 Å². The molecule has 0 aromatic heterocycles. The zero-order chi connectivity index (χ0) is 30.7. The molecule has 12 heteroatoms. The highest BCUT2D eigenvalue weighted by Crippen LogP contribution is 2.46. The molecular weight excluding hydrogens is 570 g/mol. The molecule has 0 aliphatic carbocycles. The molecule has 0 saturated heterocycles. The maximum atomic E-state index is 13.2. The van der Waals surface area contributed by atoms with E-state index in [9.17, 15) is 40.7 Å². The van der Waals surface area contributed by atoms with E-state index in [0.29, 0.717) is 23.6 Å². The van der Waals surface area contributed by atoms with Gasteiger partial charge in [-0.1, -0.05) is 54.6 Å². The number of fused-ring (bicyclic) bond motifs is 2.